The van der Waals surface area contributed by atoms with Crippen LogP contribution in [0, 0.1) is 11.7 Å². The van der Waals surface area contributed by atoms with E-state index in [0.29, 0.717) is 18.0 Å². The molecule has 1 amide bonds. The van der Waals surface area contributed by atoms with E-state index < -0.39 is 5.41 Å². The van der Waals surface area contributed by atoms with Gasteiger partial charge in [-0.15, -0.1) is 12.4 Å². The Labute approximate surface area is 124 Å². The Kier molecular flexibility index (Phi) is 4.35. The molecule has 1 aromatic rings. The van der Waals surface area contributed by atoms with Crippen molar-refractivity contribution in [3.63, 3.8) is 0 Å². The van der Waals surface area contributed by atoms with Gasteiger partial charge >= 0.3 is 0 Å². The predicted molar refractivity (Wildman–Crippen MR) is 78.3 cm³/mol. The fourth-order valence-corrected chi connectivity index (χ4v) is 2.66. The third-order valence-electron chi connectivity index (χ3n) is 4.30. The first kappa shape index (κ1) is 15.3. The van der Waals surface area contributed by atoms with Crippen LogP contribution in [0.15, 0.2) is 24.3 Å². The number of halogens is 2. The van der Waals surface area contributed by atoms with Crippen LogP contribution in [-0.2, 0) is 10.2 Å². The molecule has 0 aromatic heterocycles. The monoisotopic (exact) mass is 298 g/mol. The van der Waals surface area contributed by atoms with Gasteiger partial charge in [0.1, 0.15) is 5.82 Å². The number of hydrogen-bond donors (Lipinski definition) is 2. The highest BCUT2D eigenvalue weighted by Gasteiger charge is 2.52. The van der Waals surface area contributed by atoms with Crippen molar-refractivity contribution in [2.24, 2.45) is 11.7 Å². The summed E-state index contributed by atoms with van der Waals surface area (Å²) in [6.07, 6.45) is 3.77. The van der Waals surface area contributed by atoms with Gasteiger partial charge in [0.15, 0.2) is 0 Å². The van der Waals surface area contributed by atoms with Crippen LogP contribution in [0.5, 0.6) is 0 Å². The van der Waals surface area contributed by atoms with Crippen molar-refractivity contribution in [3.8, 4) is 0 Å². The average molecular weight is 299 g/mol. The topological polar surface area (TPSA) is 55.1 Å². The van der Waals surface area contributed by atoms with E-state index in [1.165, 1.54) is 6.07 Å². The Bertz CT molecular complexity index is 500. The van der Waals surface area contributed by atoms with E-state index in [9.17, 15) is 9.18 Å². The third-order valence-corrected chi connectivity index (χ3v) is 4.30. The quantitative estimate of drug-likeness (QED) is 0.875. The molecule has 3 rings (SSSR count). The van der Waals surface area contributed by atoms with Crippen LogP contribution in [0.1, 0.15) is 31.2 Å². The Morgan fingerprint density at radius 1 is 1.40 bits per heavy atom. The minimum Gasteiger partial charge on any atom is -0.354 e. The van der Waals surface area contributed by atoms with Gasteiger partial charge in [0.05, 0.1) is 5.41 Å². The molecule has 1 atom stereocenters. The van der Waals surface area contributed by atoms with Crippen molar-refractivity contribution in [1.29, 1.82) is 0 Å². The van der Waals surface area contributed by atoms with E-state index in [4.69, 9.17) is 5.73 Å². The van der Waals surface area contributed by atoms with Crippen LogP contribution in [0.25, 0.3) is 0 Å². The van der Waals surface area contributed by atoms with Crippen LogP contribution in [0.4, 0.5) is 4.39 Å². The maximum Gasteiger partial charge on any atom is 0.230 e. The van der Waals surface area contributed by atoms with Crippen LogP contribution in [0.3, 0.4) is 0 Å². The highest BCUT2D eigenvalue weighted by atomic mass is 35.5. The molecule has 1 aromatic carbocycles. The van der Waals surface area contributed by atoms with Gasteiger partial charge in [0.25, 0.3) is 0 Å². The molecule has 0 saturated heterocycles. The molecular weight excluding hydrogens is 279 g/mol. The number of hydrogen-bond acceptors (Lipinski definition) is 2. The van der Waals surface area contributed by atoms with Gasteiger partial charge in [-0.3, -0.25) is 4.79 Å². The molecule has 0 radical (unpaired) electrons. The Hall–Kier alpha value is -1.13. The number of nitrogens with one attached hydrogen (secondary N) is 1. The number of nitrogens with two attached hydrogens (primary N) is 1. The lowest BCUT2D eigenvalue weighted by atomic mass is 9.94. The summed E-state index contributed by atoms with van der Waals surface area (Å²) in [6, 6.07) is 6.60. The number of rotatable bonds is 5. The number of amides is 1. The smallest absolute Gasteiger partial charge is 0.230 e. The molecule has 2 aliphatic rings. The Morgan fingerprint density at radius 3 is 2.60 bits per heavy atom. The summed E-state index contributed by atoms with van der Waals surface area (Å²) in [5.74, 6) is 0.194. The zero-order chi connectivity index (χ0) is 13.5. The normalized spacial score (nSPS) is 20.7. The summed E-state index contributed by atoms with van der Waals surface area (Å²) in [6.45, 7) is 0.500. The zero-order valence-corrected chi connectivity index (χ0v) is 12.1. The van der Waals surface area contributed by atoms with Crippen molar-refractivity contribution in [1.82, 2.24) is 5.32 Å². The van der Waals surface area contributed by atoms with Gasteiger partial charge < -0.3 is 11.1 Å². The van der Waals surface area contributed by atoms with E-state index in [2.05, 4.69) is 5.32 Å². The Morgan fingerprint density at radius 2 is 2.05 bits per heavy atom. The molecule has 0 bridgehead atoms. The van der Waals surface area contributed by atoms with Crippen molar-refractivity contribution >= 4 is 18.3 Å². The van der Waals surface area contributed by atoms with Gasteiger partial charge in [-0.2, -0.15) is 0 Å². The molecule has 20 heavy (non-hydrogen) atoms. The summed E-state index contributed by atoms with van der Waals surface area (Å²) < 4.78 is 13.8. The molecule has 3 nitrogen and oxygen atoms in total. The second-order valence-electron chi connectivity index (χ2n) is 5.77. The summed E-state index contributed by atoms with van der Waals surface area (Å²) in [5, 5.41) is 2.90. The molecule has 2 aliphatic carbocycles. The first-order valence-corrected chi connectivity index (χ1v) is 6.92. The zero-order valence-electron chi connectivity index (χ0n) is 11.3. The van der Waals surface area contributed by atoms with E-state index >= 15 is 0 Å². The van der Waals surface area contributed by atoms with Crippen molar-refractivity contribution in [3.05, 3.63) is 35.6 Å². The van der Waals surface area contributed by atoms with E-state index in [-0.39, 0.29) is 30.2 Å². The van der Waals surface area contributed by atoms with E-state index in [1.54, 1.807) is 18.2 Å². The molecular formula is C15H20ClFN2O. The van der Waals surface area contributed by atoms with Gasteiger partial charge in [0.2, 0.25) is 5.91 Å². The number of benzene rings is 1. The van der Waals surface area contributed by atoms with Crippen LogP contribution < -0.4 is 11.1 Å². The lowest BCUT2D eigenvalue weighted by molar-refractivity contribution is -0.123. The van der Waals surface area contributed by atoms with Crippen LogP contribution in [-0.4, -0.2) is 18.5 Å². The highest BCUT2D eigenvalue weighted by molar-refractivity contribution is 5.91. The summed E-state index contributed by atoms with van der Waals surface area (Å²) >= 11 is 0. The average Bonchev–Trinajstić information content (AvgIpc) is 3.29. The van der Waals surface area contributed by atoms with Crippen molar-refractivity contribution in [2.45, 2.75) is 37.1 Å². The Balaban J connectivity index is 0.00000147. The van der Waals surface area contributed by atoms with Gasteiger partial charge in [-0.05, 0) is 37.7 Å². The molecule has 2 saturated carbocycles. The number of carbonyl (C=O) groups excluding carboxylic acids is 1. The summed E-state index contributed by atoms with van der Waals surface area (Å²) in [7, 11) is 0. The largest absolute Gasteiger partial charge is 0.354 e. The fourth-order valence-electron chi connectivity index (χ4n) is 2.66. The summed E-state index contributed by atoms with van der Waals surface area (Å²) in [5.41, 5.74) is 5.85. The number of carbonyl (C=O) groups is 1. The first-order valence-electron chi connectivity index (χ1n) is 6.92. The fraction of sp³-hybridized carbons (Fsp3) is 0.533. The van der Waals surface area contributed by atoms with E-state index in [1.807, 2.05) is 0 Å². The van der Waals surface area contributed by atoms with Crippen LogP contribution in [0.2, 0.25) is 0 Å². The van der Waals surface area contributed by atoms with E-state index in [0.717, 1.165) is 25.7 Å². The molecule has 0 spiro atoms. The maximum atomic E-state index is 13.8. The molecule has 0 aliphatic heterocycles. The molecule has 3 N–H and O–H groups in total. The maximum absolute atomic E-state index is 13.8. The lowest BCUT2D eigenvalue weighted by Gasteiger charge is -2.18. The van der Waals surface area contributed by atoms with Crippen LogP contribution >= 0.6 is 12.4 Å². The minimum atomic E-state index is -0.644. The SMILES string of the molecule is Cl.NC(CNC(=O)C1(c2ccccc2F)CC1)C1CC1. The highest BCUT2D eigenvalue weighted by Crippen LogP contribution is 2.49. The standard InChI is InChI=1S/C15H19FN2O.ClH/c16-12-4-2-1-3-11(12)15(7-8-15)14(19)18-9-13(17)10-5-6-10;/h1-4,10,13H,5-9,17H2,(H,18,19);1H. The van der Waals surface area contributed by atoms with Crippen molar-refractivity contribution in [2.75, 3.05) is 6.54 Å². The second kappa shape index (κ2) is 5.70. The third kappa shape index (κ3) is 2.81. The second-order valence-corrected chi connectivity index (χ2v) is 5.77. The van der Waals surface area contributed by atoms with Gasteiger partial charge in [-0.25, -0.2) is 4.39 Å². The molecule has 0 heterocycles. The molecule has 5 heteroatoms. The molecule has 110 valence electrons. The predicted octanol–water partition coefficient (Wildman–Crippen LogP) is 2.13. The van der Waals surface area contributed by atoms with Crippen molar-refractivity contribution < 1.29 is 9.18 Å². The first-order chi connectivity index (χ1) is 9.13. The lowest BCUT2D eigenvalue weighted by Crippen LogP contribution is -2.43. The minimum absolute atomic E-state index is 0. The van der Waals surface area contributed by atoms with Gasteiger partial charge in [0, 0.05) is 18.2 Å². The van der Waals surface area contributed by atoms with Gasteiger partial charge in [-0.1, -0.05) is 18.2 Å². The molecule has 2 fully saturated rings. The summed E-state index contributed by atoms with van der Waals surface area (Å²) in [4.78, 5) is 12.3. The molecule has 1 unspecified atom stereocenters.